The number of thioether (sulfide) groups is 1. The van der Waals surface area contributed by atoms with Gasteiger partial charge in [-0.1, -0.05) is 54.1 Å². The Morgan fingerprint density at radius 3 is 2.41 bits per heavy atom. The lowest BCUT2D eigenvalue weighted by atomic mass is 10.00. The maximum Gasteiger partial charge on any atom is 0.252 e. The van der Waals surface area contributed by atoms with Crippen LogP contribution in [0.1, 0.15) is 27.8 Å². The Balaban J connectivity index is 1.80. The zero-order valence-corrected chi connectivity index (χ0v) is 19.1. The van der Waals surface area contributed by atoms with Gasteiger partial charge < -0.3 is 5.32 Å². The number of carbonyl (C=O) groups is 1. The molecule has 2 aromatic heterocycles. The van der Waals surface area contributed by atoms with Gasteiger partial charge in [0.2, 0.25) is 5.91 Å². The van der Waals surface area contributed by atoms with Crippen molar-refractivity contribution in [3.63, 3.8) is 0 Å². The smallest absolute Gasteiger partial charge is 0.252 e. The van der Waals surface area contributed by atoms with Gasteiger partial charge in [0.25, 0.3) is 5.95 Å². The van der Waals surface area contributed by atoms with Gasteiger partial charge in [0.1, 0.15) is 5.82 Å². The maximum atomic E-state index is 12.7. The van der Waals surface area contributed by atoms with Gasteiger partial charge in [-0.2, -0.15) is 9.78 Å². The van der Waals surface area contributed by atoms with Crippen LogP contribution in [-0.2, 0) is 4.79 Å². The van der Waals surface area contributed by atoms with Crippen LogP contribution in [0.3, 0.4) is 0 Å². The first kappa shape index (κ1) is 20.7. The highest BCUT2D eigenvalue weighted by Gasteiger charge is 2.33. The van der Waals surface area contributed by atoms with Crippen LogP contribution < -0.4 is 5.32 Å². The summed E-state index contributed by atoms with van der Waals surface area (Å²) in [6.45, 7) is 3.84. The van der Waals surface area contributed by atoms with E-state index in [1.54, 1.807) is 16.4 Å². The highest BCUT2D eigenvalue weighted by molar-refractivity contribution is 8.00. The molecule has 0 saturated heterocycles. The van der Waals surface area contributed by atoms with Crippen molar-refractivity contribution in [2.45, 2.75) is 19.1 Å². The minimum absolute atomic E-state index is 0.0853. The van der Waals surface area contributed by atoms with Gasteiger partial charge in [0, 0.05) is 27.5 Å². The first-order chi connectivity index (χ1) is 15.5. The standard InChI is InChI=1S/C24H20ClN5OS/c1-14-12-15(2)27-24(26-14)30-23-20(21(29-30)16-6-4-3-5-7-16)22(32-13-19(31)28-23)17-8-10-18(25)11-9-17/h3-12,22H,13H2,1-2H3,(H,28,31)/t22-/m0/s1. The molecule has 0 fully saturated rings. The topological polar surface area (TPSA) is 72.7 Å². The zero-order chi connectivity index (χ0) is 22.2. The van der Waals surface area contributed by atoms with Crippen LogP contribution in [0, 0.1) is 13.8 Å². The zero-order valence-electron chi connectivity index (χ0n) is 17.5. The predicted octanol–water partition coefficient (Wildman–Crippen LogP) is 5.37. The molecule has 0 aliphatic carbocycles. The molecule has 0 spiro atoms. The van der Waals surface area contributed by atoms with E-state index >= 15 is 0 Å². The second-order valence-electron chi connectivity index (χ2n) is 7.63. The number of anilines is 1. The van der Waals surface area contributed by atoms with Crippen molar-refractivity contribution in [1.82, 2.24) is 19.7 Å². The Hall–Kier alpha value is -3.16. The number of aryl methyl sites for hydroxylation is 2. The SMILES string of the molecule is Cc1cc(C)nc(-n2nc(-c3ccccc3)c3c2NC(=O)CS[C@H]3c2ccc(Cl)cc2)n1. The third kappa shape index (κ3) is 3.89. The summed E-state index contributed by atoms with van der Waals surface area (Å²) in [6, 6.07) is 19.6. The summed E-state index contributed by atoms with van der Waals surface area (Å²) in [4.78, 5) is 21.9. The molecule has 3 heterocycles. The van der Waals surface area contributed by atoms with E-state index in [-0.39, 0.29) is 11.2 Å². The fourth-order valence-electron chi connectivity index (χ4n) is 3.87. The Labute approximate surface area is 195 Å². The summed E-state index contributed by atoms with van der Waals surface area (Å²) < 4.78 is 1.66. The average Bonchev–Trinajstić information content (AvgIpc) is 3.05. The number of nitrogens with one attached hydrogen (secondary N) is 1. The molecule has 4 aromatic rings. The van der Waals surface area contributed by atoms with Gasteiger partial charge in [0.05, 0.1) is 16.7 Å². The van der Waals surface area contributed by atoms with Gasteiger partial charge in [-0.25, -0.2) is 9.97 Å². The molecule has 160 valence electrons. The molecule has 8 heteroatoms. The Kier molecular flexibility index (Phi) is 5.45. The normalized spacial score (nSPS) is 15.7. The van der Waals surface area contributed by atoms with Crippen LogP contribution in [0.5, 0.6) is 0 Å². The predicted molar refractivity (Wildman–Crippen MR) is 128 cm³/mol. The lowest BCUT2D eigenvalue weighted by Crippen LogP contribution is -2.17. The van der Waals surface area contributed by atoms with Gasteiger partial charge in [-0.05, 0) is 37.6 Å². The molecule has 1 aliphatic heterocycles. The number of fused-ring (bicyclic) bond motifs is 1. The number of rotatable bonds is 3. The van der Waals surface area contributed by atoms with Crippen molar-refractivity contribution in [2.75, 3.05) is 11.1 Å². The molecular formula is C24H20ClN5OS. The summed E-state index contributed by atoms with van der Waals surface area (Å²) in [5, 5.41) is 8.54. The van der Waals surface area contributed by atoms with Crippen LogP contribution in [0.2, 0.25) is 5.02 Å². The van der Waals surface area contributed by atoms with Gasteiger partial charge in [0.15, 0.2) is 0 Å². The van der Waals surface area contributed by atoms with Gasteiger partial charge in [-0.3, -0.25) is 4.79 Å². The lowest BCUT2D eigenvalue weighted by Gasteiger charge is -2.16. The molecule has 0 radical (unpaired) electrons. The summed E-state index contributed by atoms with van der Waals surface area (Å²) in [6.07, 6.45) is 0. The Bertz CT molecular complexity index is 1280. The molecule has 1 N–H and O–H groups in total. The molecule has 1 amide bonds. The Morgan fingerprint density at radius 2 is 1.72 bits per heavy atom. The van der Waals surface area contributed by atoms with Crippen molar-refractivity contribution < 1.29 is 4.79 Å². The fourth-order valence-corrected chi connectivity index (χ4v) is 5.12. The summed E-state index contributed by atoms with van der Waals surface area (Å²) in [5.41, 5.74) is 5.40. The maximum absolute atomic E-state index is 12.7. The summed E-state index contributed by atoms with van der Waals surface area (Å²) in [5.74, 6) is 1.27. The number of aromatic nitrogens is 4. The van der Waals surface area contributed by atoms with Crippen LogP contribution in [0.15, 0.2) is 60.7 Å². The molecule has 1 atom stereocenters. The average molecular weight is 462 g/mol. The van der Waals surface area contributed by atoms with Crippen molar-refractivity contribution in [2.24, 2.45) is 0 Å². The monoisotopic (exact) mass is 461 g/mol. The number of carbonyl (C=O) groups excluding carboxylic acids is 1. The van der Waals surface area contributed by atoms with E-state index in [9.17, 15) is 4.79 Å². The minimum atomic E-state index is -0.115. The van der Waals surface area contributed by atoms with Crippen molar-refractivity contribution in [1.29, 1.82) is 0 Å². The number of hydrogen-bond acceptors (Lipinski definition) is 5. The molecule has 0 saturated carbocycles. The van der Waals surface area contributed by atoms with E-state index in [1.165, 1.54) is 0 Å². The molecule has 1 aliphatic rings. The minimum Gasteiger partial charge on any atom is -0.309 e. The van der Waals surface area contributed by atoms with E-state index < -0.39 is 0 Å². The lowest BCUT2D eigenvalue weighted by molar-refractivity contribution is -0.113. The molecule has 6 nitrogen and oxygen atoms in total. The third-order valence-corrected chi connectivity index (χ3v) is 6.73. The second kappa shape index (κ2) is 8.41. The van der Waals surface area contributed by atoms with Crippen molar-refractivity contribution in [3.8, 4) is 17.2 Å². The van der Waals surface area contributed by atoms with Crippen molar-refractivity contribution in [3.05, 3.63) is 88.2 Å². The molecule has 0 bridgehead atoms. The first-order valence-electron chi connectivity index (χ1n) is 10.2. The number of benzene rings is 2. The summed E-state index contributed by atoms with van der Waals surface area (Å²) >= 11 is 7.71. The van der Waals surface area contributed by atoms with Crippen LogP contribution in [0.25, 0.3) is 17.2 Å². The summed E-state index contributed by atoms with van der Waals surface area (Å²) in [7, 11) is 0. The quantitative estimate of drug-likeness (QED) is 0.443. The van der Waals surface area contributed by atoms with E-state index in [0.29, 0.717) is 22.5 Å². The second-order valence-corrected chi connectivity index (χ2v) is 9.16. The van der Waals surface area contributed by atoms with Crippen LogP contribution in [-0.4, -0.2) is 31.4 Å². The molecule has 0 unspecified atom stereocenters. The molecular weight excluding hydrogens is 442 g/mol. The number of halogens is 1. The van der Waals surface area contributed by atoms with E-state index in [1.807, 2.05) is 74.5 Å². The van der Waals surface area contributed by atoms with Gasteiger partial charge >= 0.3 is 0 Å². The first-order valence-corrected chi connectivity index (χ1v) is 11.6. The Morgan fingerprint density at radius 1 is 1.03 bits per heavy atom. The highest BCUT2D eigenvalue weighted by Crippen LogP contribution is 2.46. The number of hydrogen-bond donors (Lipinski definition) is 1. The largest absolute Gasteiger partial charge is 0.309 e. The van der Waals surface area contributed by atoms with E-state index in [0.717, 1.165) is 33.8 Å². The molecule has 32 heavy (non-hydrogen) atoms. The fraction of sp³-hybridized carbons (Fsp3) is 0.167. The van der Waals surface area contributed by atoms with E-state index in [4.69, 9.17) is 16.7 Å². The molecule has 2 aromatic carbocycles. The van der Waals surface area contributed by atoms with Gasteiger partial charge in [-0.15, -0.1) is 11.8 Å². The van der Waals surface area contributed by atoms with Crippen molar-refractivity contribution >= 4 is 35.1 Å². The third-order valence-electron chi connectivity index (χ3n) is 5.20. The number of amides is 1. The van der Waals surface area contributed by atoms with E-state index in [2.05, 4.69) is 15.3 Å². The molecule has 5 rings (SSSR count). The number of nitrogens with zero attached hydrogens (tertiary/aromatic N) is 4. The van der Waals surface area contributed by atoms with Crippen LogP contribution >= 0.6 is 23.4 Å². The highest BCUT2D eigenvalue weighted by atomic mass is 35.5. The van der Waals surface area contributed by atoms with Crippen LogP contribution in [0.4, 0.5) is 5.82 Å².